The maximum absolute atomic E-state index is 11.9. The fourth-order valence-electron chi connectivity index (χ4n) is 1.81. The van der Waals surface area contributed by atoms with Crippen molar-refractivity contribution in [3.63, 3.8) is 0 Å². The number of esters is 1. The molecule has 0 N–H and O–H groups in total. The molecule has 0 aromatic carbocycles. The normalized spacial score (nSPS) is 16.1. The van der Waals surface area contributed by atoms with Crippen LogP contribution in [-0.2, 0) is 14.3 Å². The van der Waals surface area contributed by atoms with Crippen LogP contribution in [0.1, 0.15) is 26.2 Å². The molecule has 1 unspecified atom stereocenters. The molecule has 102 valence electrons. The summed E-state index contributed by atoms with van der Waals surface area (Å²) in [7, 11) is 3.21. The molecule has 1 aliphatic carbocycles. The van der Waals surface area contributed by atoms with Gasteiger partial charge in [0.2, 0.25) is 5.91 Å². The van der Waals surface area contributed by atoms with Crippen LogP contribution in [0.25, 0.3) is 0 Å². The molecule has 0 bridgehead atoms. The van der Waals surface area contributed by atoms with Crippen molar-refractivity contribution in [2.24, 2.45) is 5.92 Å². The maximum Gasteiger partial charge on any atom is 0.309 e. The summed E-state index contributed by atoms with van der Waals surface area (Å²) in [6.07, 6.45) is 5.32. The van der Waals surface area contributed by atoms with Gasteiger partial charge in [-0.2, -0.15) is 11.8 Å². The van der Waals surface area contributed by atoms with Gasteiger partial charge in [0, 0.05) is 18.5 Å². The SMILES string of the molecule is COC(=O)C(C)CSCC(=O)N(C)C1=CCCC1. The second-order valence-electron chi connectivity index (χ2n) is 4.48. The molecule has 0 saturated carbocycles. The Morgan fingerprint density at radius 3 is 2.83 bits per heavy atom. The van der Waals surface area contributed by atoms with Crippen LogP contribution in [-0.4, -0.2) is 42.4 Å². The predicted octanol–water partition coefficient (Wildman–Crippen LogP) is 2.05. The molecular weight excluding hydrogens is 250 g/mol. The molecule has 1 atom stereocenters. The van der Waals surface area contributed by atoms with Crippen LogP contribution in [0.5, 0.6) is 0 Å². The van der Waals surface area contributed by atoms with Gasteiger partial charge in [-0.3, -0.25) is 9.59 Å². The number of allylic oxidation sites excluding steroid dienone is 2. The van der Waals surface area contributed by atoms with Crippen LogP contribution < -0.4 is 0 Å². The van der Waals surface area contributed by atoms with E-state index < -0.39 is 0 Å². The highest BCUT2D eigenvalue weighted by Crippen LogP contribution is 2.21. The number of hydrogen-bond donors (Lipinski definition) is 0. The molecule has 4 nitrogen and oxygen atoms in total. The van der Waals surface area contributed by atoms with E-state index in [9.17, 15) is 9.59 Å². The van der Waals surface area contributed by atoms with Gasteiger partial charge < -0.3 is 9.64 Å². The van der Waals surface area contributed by atoms with E-state index in [-0.39, 0.29) is 17.8 Å². The monoisotopic (exact) mass is 271 g/mol. The Morgan fingerprint density at radius 2 is 2.28 bits per heavy atom. The van der Waals surface area contributed by atoms with Gasteiger partial charge in [-0.1, -0.05) is 13.0 Å². The zero-order valence-electron chi connectivity index (χ0n) is 11.3. The Kier molecular flexibility index (Phi) is 6.25. The summed E-state index contributed by atoms with van der Waals surface area (Å²) in [4.78, 5) is 24.8. The standard InChI is InChI=1S/C13H21NO3S/c1-10(13(16)17-3)8-18-9-12(15)14(2)11-6-4-5-7-11/h6,10H,4-5,7-9H2,1-3H3. The minimum atomic E-state index is -0.221. The molecule has 5 heteroatoms. The molecule has 0 fully saturated rings. The van der Waals surface area contributed by atoms with Crippen LogP contribution >= 0.6 is 11.8 Å². The van der Waals surface area contributed by atoms with Crippen molar-refractivity contribution in [2.45, 2.75) is 26.2 Å². The number of amides is 1. The first-order chi connectivity index (χ1) is 8.56. The predicted molar refractivity (Wildman–Crippen MR) is 73.2 cm³/mol. The molecule has 1 rings (SSSR count). The Bertz CT molecular complexity index is 341. The molecule has 0 aromatic heterocycles. The lowest BCUT2D eigenvalue weighted by Gasteiger charge is -2.18. The van der Waals surface area contributed by atoms with Gasteiger partial charge in [0.1, 0.15) is 0 Å². The van der Waals surface area contributed by atoms with E-state index in [1.54, 1.807) is 4.90 Å². The number of carbonyl (C=O) groups excluding carboxylic acids is 2. The average molecular weight is 271 g/mol. The summed E-state index contributed by atoms with van der Waals surface area (Å²) in [5.74, 6) is 0.747. The first-order valence-electron chi connectivity index (χ1n) is 6.17. The first kappa shape index (κ1) is 15.1. The summed E-state index contributed by atoms with van der Waals surface area (Å²) in [6.45, 7) is 1.81. The highest BCUT2D eigenvalue weighted by molar-refractivity contribution is 7.99. The molecule has 1 aliphatic rings. The first-order valence-corrected chi connectivity index (χ1v) is 7.33. The smallest absolute Gasteiger partial charge is 0.309 e. The average Bonchev–Trinajstić information content (AvgIpc) is 2.90. The van der Waals surface area contributed by atoms with Gasteiger partial charge in [-0.15, -0.1) is 0 Å². The molecule has 18 heavy (non-hydrogen) atoms. The van der Waals surface area contributed by atoms with Crippen molar-refractivity contribution in [1.29, 1.82) is 0 Å². The van der Waals surface area contributed by atoms with Crippen LogP contribution in [0.3, 0.4) is 0 Å². The summed E-state index contributed by atoms with van der Waals surface area (Å²) < 4.78 is 4.64. The highest BCUT2D eigenvalue weighted by Gasteiger charge is 2.18. The van der Waals surface area contributed by atoms with E-state index in [0.29, 0.717) is 11.5 Å². The molecule has 0 heterocycles. The summed E-state index contributed by atoms with van der Waals surface area (Å²) in [5.41, 5.74) is 1.13. The van der Waals surface area contributed by atoms with E-state index >= 15 is 0 Å². The minimum Gasteiger partial charge on any atom is -0.469 e. The maximum atomic E-state index is 11.9. The quantitative estimate of drug-likeness (QED) is 0.694. The van der Waals surface area contributed by atoms with Crippen LogP contribution in [0.15, 0.2) is 11.8 Å². The number of thioether (sulfide) groups is 1. The van der Waals surface area contributed by atoms with Crippen LogP contribution in [0.2, 0.25) is 0 Å². The lowest BCUT2D eigenvalue weighted by atomic mass is 10.2. The number of hydrogen-bond acceptors (Lipinski definition) is 4. The van der Waals surface area contributed by atoms with E-state index in [1.165, 1.54) is 18.9 Å². The fourth-order valence-corrected chi connectivity index (χ4v) is 2.78. The zero-order chi connectivity index (χ0) is 13.5. The number of carbonyl (C=O) groups is 2. The Hall–Kier alpha value is -0.970. The van der Waals surface area contributed by atoms with Crippen molar-refractivity contribution in [3.8, 4) is 0 Å². The molecule has 0 radical (unpaired) electrons. The Morgan fingerprint density at radius 1 is 1.56 bits per heavy atom. The Labute approximate surface area is 113 Å². The number of methoxy groups -OCH3 is 1. The van der Waals surface area contributed by atoms with E-state index in [1.807, 2.05) is 14.0 Å². The van der Waals surface area contributed by atoms with E-state index in [0.717, 1.165) is 25.0 Å². The summed E-state index contributed by atoms with van der Waals surface area (Å²) >= 11 is 1.48. The zero-order valence-corrected chi connectivity index (χ0v) is 12.1. The van der Waals surface area contributed by atoms with Gasteiger partial charge in [-0.05, 0) is 19.3 Å². The molecule has 1 amide bonds. The second-order valence-corrected chi connectivity index (χ2v) is 5.51. The third-order valence-corrected chi connectivity index (χ3v) is 4.21. The van der Waals surface area contributed by atoms with E-state index in [2.05, 4.69) is 10.8 Å². The lowest BCUT2D eigenvalue weighted by Crippen LogP contribution is -2.27. The number of ether oxygens (including phenoxy) is 1. The molecule has 0 saturated heterocycles. The van der Waals surface area contributed by atoms with Crippen molar-refractivity contribution >= 4 is 23.6 Å². The van der Waals surface area contributed by atoms with Gasteiger partial charge in [0.25, 0.3) is 0 Å². The third-order valence-electron chi connectivity index (χ3n) is 3.02. The van der Waals surface area contributed by atoms with E-state index in [4.69, 9.17) is 0 Å². The second kappa shape index (κ2) is 7.46. The largest absolute Gasteiger partial charge is 0.469 e. The van der Waals surface area contributed by atoms with Crippen molar-refractivity contribution in [2.75, 3.05) is 25.7 Å². The van der Waals surface area contributed by atoms with Gasteiger partial charge in [-0.25, -0.2) is 0 Å². The Balaban J connectivity index is 2.26. The molecule has 0 aliphatic heterocycles. The summed E-state index contributed by atoms with van der Waals surface area (Å²) in [5, 5.41) is 0. The van der Waals surface area contributed by atoms with Crippen molar-refractivity contribution in [3.05, 3.63) is 11.8 Å². The third kappa shape index (κ3) is 4.37. The van der Waals surface area contributed by atoms with Gasteiger partial charge in [0.15, 0.2) is 0 Å². The molecule has 0 aromatic rings. The number of nitrogens with zero attached hydrogens (tertiary/aromatic N) is 1. The number of rotatable bonds is 6. The van der Waals surface area contributed by atoms with Crippen LogP contribution in [0.4, 0.5) is 0 Å². The minimum absolute atomic E-state index is 0.102. The molecule has 0 spiro atoms. The molecular formula is C13H21NO3S. The lowest BCUT2D eigenvalue weighted by molar-refractivity contribution is -0.144. The van der Waals surface area contributed by atoms with Crippen molar-refractivity contribution < 1.29 is 14.3 Å². The van der Waals surface area contributed by atoms with Crippen molar-refractivity contribution in [1.82, 2.24) is 4.90 Å². The summed E-state index contributed by atoms with van der Waals surface area (Å²) in [6, 6.07) is 0. The van der Waals surface area contributed by atoms with Gasteiger partial charge >= 0.3 is 5.97 Å². The topological polar surface area (TPSA) is 46.6 Å². The van der Waals surface area contributed by atoms with Gasteiger partial charge in [0.05, 0.1) is 18.8 Å². The fraction of sp³-hybridized carbons (Fsp3) is 0.692. The van der Waals surface area contributed by atoms with Crippen LogP contribution in [0, 0.1) is 5.92 Å². The highest BCUT2D eigenvalue weighted by atomic mass is 32.2.